The Morgan fingerprint density at radius 3 is 2.33 bits per heavy atom. The number of carbonyl (C=O) groups is 2. The topological polar surface area (TPSA) is 134 Å². The van der Waals surface area contributed by atoms with Crippen LogP contribution < -0.4 is 0 Å². The van der Waals surface area contributed by atoms with Crippen molar-refractivity contribution in [3.05, 3.63) is 23.3 Å². The Balaban J connectivity index is 1.67. The maximum absolute atomic E-state index is 13.9. The number of carboxylic acid groups (broad SMARTS) is 1. The largest absolute Gasteiger partial charge is 0.481 e. The fourth-order valence-corrected chi connectivity index (χ4v) is 7.71. The number of hydrogen-bond donors (Lipinski definition) is 4. The van der Waals surface area contributed by atoms with Gasteiger partial charge in [0.25, 0.3) is 0 Å². The zero-order valence-corrected chi connectivity index (χ0v) is 27.0. The molecule has 240 valence electrons. The molecule has 8 nitrogen and oxygen atoms in total. The van der Waals surface area contributed by atoms with E-state index >= 15 is 0 Å². The number of rotatable bonds is 13. The normalized spacial score (nSPS) is 38.3. The second-order valence-corrected chi connectivity index (χ2v) is 13.6. The molecule has 8 heteroatoms. The average molecular weight is 593 g/mol. The van der Waals surface area contributed by atoms with E-state index in [1.54, 1.807) is 26.0 Å². The van der Waals surface area contributed by atoms with Crippen LogP contribution in [0.3, 0.4) is 0 Å². The van der Waals surface area contributed by atoms with Crippen LogP contribution >= 0.6 is 0 Å². The summed E-state index contributed by atoms with van der Waals surface area (Å²) in [5.74, 6) is -3.13. The first-order valence-corrected chi connectivity index (χ1v) is 16.2. The number of aliphatic hydroxyl groups excluding tert-OH is 2. The second-order valence-electron chi connectivity index (χ2n) is 13.6. The Bertz CT molecular complexity index is 1020. The molecule has 0 spiro atoms. The van der Waals surface area contributed by atoms with Gasteiger partial charge >= 0.3 is 5.97 Å². The van der Waals surface area contributed by atoms with Gasteiger partial charge < -0.3 is 29.9 Å². The fourth-order valence-electron chi connectivity index (χ4n) is 7.71. The van der Waals surface area contributed by atoms with Crippen LogP contribution in [0.1, 0.15) is 107 Å². The maximum Gasteiger partial charge on any atom is 0.313 e. The summed E-state index contributed by atoms with van der Waals surface area (Å²) in [5, 5.41) is 42.3. The molecule has 12 atom stereocenters. The van der Waals surface area contributed by atoms with Gasteiger partial charge in [-0.2, -0.15) is 0 Å². The SMILES string of the molecule is CC[C@H](C(=O)[C@@H](C)[C@@H](O)[C@H](C)CCC1=CC=C(C)C(O)C1C(=O)O)[C@H]1O[C@](CC)([C@H]2CC[C@](O)(CC)[C@H](C)O2)C[C@@H]1C. The van der Waals surface area contributed by atoms with E-state index in [-0.39, 0.29) is 41.8 Å². The Morgan fingerprint density at radius 2 is 1.79 bits per heavy atom. The summed E-state index contributed by atoms with van der Waals surface area (Å²) in [7, 11) is 0. The lowest BCUT2D eigenvalue weighted by atomic mass is 9.75. The number of ether oxygens (including phenoxy) is 2. The van der Waals surface area contributed by atoms with Crippen molar-refractivity contribution in [2.75, 3.05) is 0 Å². The van der Waals surface area contributed by atoms with E-state index in [9.17, 15) is 30.0 Å². The lowest BCUT2D eigenvalue weighted by Gasteiger charge is -2.47. The first kappa shape index (κ1) is 34.9. The molecule has 2 unspecified atom stereocenters. The molecule has 2 heterocycles. The number of aliphatic hydroxyl groups is 3. The lowest BCUT2D eigenvalue weighted by molar-refractivity contribution is -0.229. The third-order valence-corrected chi connectivity index (χ3v) is 11.0. The van der Waals surface area contributed by atoms with E-state index in [0.29, 0.717) is 49.7 Å². The minimum atomic E-state index is -1.06. The van der Waals surface area contributed by atoms with Crippen molar-refractivity contribution in [1.82, 2.24) is 0 Å². The molecule has 0 aromatic rings. The summed E-state index contributed by atoms with van der Waals surface area (Å²) >= 11 is 0. The van der Waals surface area contributed by atoms with Gasteiger partial charge in [-0.15, -0.1) is 0 Å². The van der Waals surface area contributed by atoms with Gasteiger partial charge in [0.1, 0.15) is 11.7 Å². The molecule has 1 aliphatic carbocycles. The molecule has 3 rings (SSSR count). The third kappa shape index (κ3) is 6.88. The van der Waals surface area contributed by atoms with Gasteiger partial charge in [-0.3, -0.25) is 9.59 Å². The summed E-state index contributed by atoms with van der Waals surface area (Å²) in [6.45, 7) is 15.5. The third-order valence-electron chi connectivity index (χ3n) is 11.0. The Hall–Kier alpha value is -1.58. The molecular formula is C34H56O8. The molecule has 2 saturated heterocycles. The fraction of sp³-hybridized carbons (Fsp3) is 0.824. The van der Waals surface area contributed by atoms with E-state index in [1.807, 2.05) is 27.7 Å². The molecule has 2 fully saturated rings. The number of aliphatic carboxylic acids is 1. The number of ketones is 1. The Labute approximate surface area is 252 Å². The summed E-state index contributed by atoms with van der Waals surface area (Å²) in [5.41, 5.74) is -0.0870. The van der Waals surface area contributed by atoms with E-state index < -0.39 is 41.2 Å². The maximum atomic E-state index is 13.9. The van der Waals surface area contributed by atoms with Crippen LogP contribution in [-0.2, 0) is 19.1 Å². The van der Waals surface area contributed by atoms with Gasteiger partial charge in [-0.1, -0.05) is 59.3 Å². The van der Waals surface area contributed by atoms with Gasteiger partial charge in [0.2, 0.25) is 0 Å². The zero-order valence-electron chi connectivity index (χ0n) is 27.0. The first-order chi connectivity index (χ1) is 19.7. The van der Waals surface area contributed by atoms with Gasteiger partial charge in [0, 0.05) is 11.8 Å². The highest BCUT2D eigenvalue weighted by atomic mass is 16.6. The molecule has 0 bridgehead atoms. The molecule has 0 radical (unpaired) electrons. The van der Waals surface area contributed by atoms with Crippen LogP contribution in [-0.4, -0.2) is 73.9 Å². The van der Waals surface area contributed by atoms with Crippen LogP contribution in [0.15, 0.2) is 23.3 Å². The van der Waals surface area contributed by atoms with E-state index in [1.165, 1.54) is 0 Å². The quantitative estimate of drug-likeness (QED) is 0.229. The van der Waals surface area contributed by atoms with Crippen molar-refractivity contribution in [2.45, 2.75) is 148 Å². The zero-order chi connectivity index (χ0) is 31.6. The smallest absolute Gasteiger partial charge is 0.313 e. The van der Waals surface area contributed by atoms with Gasteiger partial charge in [0.15, 0.2) is 0 Å². The molecule has 4 N–H and O–H groups in total. The molecule has 0 saturated carbocycles. The van der Waals surface area contributed by atoms with Crippen molar-refractivity contribution in [2.24, 2.45) is 29.6 Å². The van der Waals surface area contributed by atoms with Crippen molar-refractivity contribution >= 4 is 11.8 Å². The number of Topliss-reactive ketones (excluding diaryl/α,β-unsaturated/α-hetero) is 1. The molecule has 42 heavy (non-hydrogen) atoms. The summed E-state index contributed by atoms with van der Waals surface area (Å²) in [6, 6.07) is 0. The van der Waals surface area contributed by atoms with Gasteiger partial charge in [0.05, 0.1) is 41.7 Å². The molecule has 2 aliphatic heterocycles. The van der Waals surface area contributed by atoms with Crippen LogP contribution in [0, 0.1) is 29.6 Å². The number of hydrogen-bond acceptors (Lipinski definition) is 7. The lowest BCUT2D eigenvalue weighted by Crippen LogP contribution is -2.55. The van der Waals surface area contributed by atoms with Crippen LogP contribution in [0.4, 0.5) is 0 Å². The Kier molecular flexibility index (Phi) is 11.7. The summed E-state index contributed by atoms with van der Waals surface area (Å²) < 4.78 is 13.3. The summed E-state index contributed by atoms with van der Waals surface area (Å²) in [4.78, 5) is 25.7. The minimum Gasteiger partial charge on any atom is -0.481 e. The van der Waals surface area contributed by atoms with Crippen molar-refractivity contribution < 1.29 is 39.5 Å². The van der Waals surface area contributed by atoms with E-state index in [2.05, 4.69) is 13.8 Å². The molecule has 0 aromatic carbocycles. The monoisotopic (exact) mass is 592 g/mol. The van der Waals surface area contributed by atoms with Crippen molar-refractivity contribution in [1.29, 1.82) is 0 Å². The van der Waals surface area contributed by atoms with E-state index in [4.69, 9.17) is 9.47 Å². The average Bonchev–Trinajstić information content (AvgIpc) is 3.31. The van der Waals surface area contributed by atoms with Gasteiger partial charge in [-0.25, -0.2) is 0 Å². The predicted octanol–water partition coefficient (Wildman–Crippen LogP) is 5.23. The van der Waals surface area contributed by atoms with Crippen molar-refractivity contribution in [3.8, 4) is 0 Å². The predicted molar refractivity (Wildman–Crippen MR) is 162 cm³/mol. The number of allylic oxidation sites excluding steroid dienone is 2. The number of carboxylic acids is 1. The van der Waals surface area contributed by atoms with Crippen LogP contribution in [0.2, 0.25) is 0 Å². The standard InChI is InChI=1S/C34H56O8/c1-9-25(31-21(6)18-34(11-3,42-31)26-16-17-33(40,10-2)23(8)41-26)30(37)22(7)28(35)19(4)12-14-24-15-13-20(5)29(36)27(24)32(38)39/h13,15,19,21-23,25-29,31,35-36,40H,9-12,14,16-18H2,1-8H3,(H,38,39)/t19-,21+,22+,23+,25-,26-,27?,28+,29?,31+,33-,34+/m1/s1. The second kappa shape index (κ2) is 14.0. The minimum absolute atomic E-state index is 0.00633. The van der Waals surface area contributed by atoms with E-state index in [0.717, 1.165) is 12.8 Å². The summed E-state index contributed by atoms with van der Waals surface area (Å²) in [6.07, 6.45) is 5.94. The Morgan fingerprint density at radius 1 is 1.12 bits per heavy atom. The van der Waals surface area contributed by atoms with Crippen LogP contribution in [0.5, 0.6) is 0 Å². The number of carbonyl (C=O) groups excluding carboxylic acids is 1. The highest BCUT2D eigenvalue weighted by Crippen LogP contribution is 2.48. The molecule has 0 amide bonds. The molecule has 3 aliphatic rings. The molecule has 0 aromatic heterocycles. The highest BCUT2D eigenvalue weighted by molar-refractivity contribution is 5.84. The van der Waals surface area contributed by atoms with Crippen molar-refractivity contribution in [3.63, 3.8) is 0 Å². The first-order valence-electron chi connectivity index (χ1n) is 16.2. The van der Waals surface area contributed by atoms with Gasteiger partial charge in [-0.05, 0) is 82.6 Å². The highest BCUT2D eigenvalue weighted by Gasteiger charge is 2.55. The van der Waals surface area contributed by atoms with Crippen LogP contribution in [0.25, 0.3) is 0 Å². The molecular weight excluding hydrogens is 536 g/mol.